The molecule has 1 aromatic rings. The van der Waals surface area contributed by atoms with Crippen molar-refractivity contribution in [1.29, 1.82) is 0 Å². The summed E-state index contributed by atoms with van der Waals surface area (Å²) in [6.45, 7) is 0.263. The van der Waals surface area contributed by atoms with Crippen LogP contribution in [-0.2, 0) is 0 Å². The number of hydrogen-bond donors (Lipinski definition) is 0. The highest BCUT2D eigenvalue weighted by Crippen LogP contribution is 2.34. The Hall–Kier alpha value is -0.500. The van der Waals surface area contributed by atoms with E-state index in [1.807, 2.05) is 22.6 Å². The summed E-state index contributed by atoms with van der Waals surface area (Å²) >= 11 is 8.00. The van der Waals surface area contributed by atoms with Crippen LogP contribution in [-0.4, -0.2) is 30.1 Å². The molecule has 7 heteroatoms. The Bertz CT molecular complexity index is 513. The van der Waals surface area contributed by atoms with Gasteiger partial charge >= 0.3 is 6.18 Å². The summed E-state index contributed by atoms with van der Waals surface area (Å²) in [5.41, 5.74) is 0.417. The second-order valence-corrected chi connectivity index (χ2v) is 6.31. The summed E-state index contributed by atoms with van der Waals surface area (Å²) < 4.78 is 38.5. The molecule has 0 atom stereocenters. The van der Waals surface area contributed by atoms with E-state index in [9.17, 15) is 18.0 Å². The van der Waals surface area contributed by atoms with E-state index in [4.69, 9.17) is 11.6 Å². The minimum absolute atomic E-state index is 0.0344. The summed E-state index contributed by atoms with van der Waals surface area (Å²) in [5.74, 6) is -1.56. The van der Waals surface area contributed by atoms with E-state index in [1.54, 1.807) is 18.2 Å². The molecule has 1 amide bonds. The standard InChI is InChI=1S/C13H12ClF3INO/c14-10-7-8(1-2-11(10)18)12(20)19-5-3-9(4-6-19)13(15,16)17/h1-2,7,9H,3-6H2. The van der Waals surface area contributed by atoms with Gasteiger partial charge in [0.2, 0.25) is 0 Å². The number of hydrogen-bond acceptors (Lipinski definition) is 1. The van der Waals surface area contributed by atoms with Crippen molar-refractivity contribution in [2.24, 2.45) is 5.92 Å². The lowest BCUT2D eigenvalue weighted by Crippen LogP contribution is -2.42. The zero-order chi connectivity index (χ0) is 14.9. The van der Waals surface area contributed by atoms with Gasteiger partial charge in [-0.3, -0.25) is 4.79 Å². The molecule has 2 rings (SSSR count). The monoisotopic (exact) mass is 417 g/mol. The molecule has 0 N–H and O–H groups in total. The van der Waals surface area contributed by atoms with Gasteiger partial charge in [-0.25, -0.2) is 0 Å². The van der Waals surface area contributed by atoms with Gasteiger partial charge in [-0.1, -0.05) is 11.6 Å². The van der Waals surface area contributed by atoms with Gasteiger partial charge < -0.3 is 4.90 Å². The largest absolute Gasteiger partial charge is 0.391 e. The molecule has 1 heterocycles. The van der Waals surface area contributed by atoms with Gasteiger partial charge in [0.25, 0.3) is 5.91 Å². The van der Waals surface area contributed by atoms with Gasteiger partial charge in [0, 0.05) is 22.2 Å². The van der Waals surface area contributed by atoms with E-state index in [1.165, 1.54) is 4.90 Å². The molecule has 1 aliphatic rings. The van der Waals surface area contributed by atoms with Crippen LogP contribution in [0.1, 0.15) is 23.2 Å². The van der Waals surface area contributed by atoms with E-state index in [-0.39, 0.29) is 31.8 Å². The molecule has 0 radical (unpaired) electrons. The number of rotatable bonds is 1. The second-order valence-electron chi connectivity index (χ2n) is 4.74. The quantitative estimate of drug-likeness (QED) is 0.622. The third-order valence-electron chi connectivity index (χ3n) is 3.41. The molecule has 1 aromatic carbocycles. The zero-order valence-corrected chi connectivity index (χ0v) is 13.3. The van der Waals surface area contributed by atoms with Gasteiger partial charge in [-0.05, 0) is 53.6 Å². The topological polar surface area (TPSA) is 20.3 Å². The molecule has 1 saturated heterocycles. The number of benzene rings is 1. The normalized spacial score (nSPS) is 17.4. The van der Waals surface area contributed by atoms with Crippen molar-refractivity contribution in [1.82, 2.24) is 4.90 Å². The number of likely N-dealkylation sites (tertiary alicyclic amines) is 1. The fourth-order valence-corrected chi connectivity index (χ4v) is 2.74. The molecule has 2 nitrogen and oxygen atoms in total. The predicted molar refractivity (Wildman–Crippen MR) is 78.9 cm³/mol. The lowest BCUT2D eigenvalue weighted by molar-refractivity contribution is -0.183. The number of amides is 1. The lowest BCUT2D eigenvalue weighted by Gasteiger charge is -2.33. The SMILES string of the molecule is O=C(c1ccc(I)c(Cl)c1)N1CCC(C(F)(F)F)CC1. The molecular formula is C13H12ClF3INO. The highest BCUT2D eigenvalue weighted by atomic mass is 127. The highest BCUT2D eigenvalue weighted by molar-refractivity contribution is 14.1. The molecule has 110 valence electrons. The first-order valence-corrected chi connectivity index (χ1v) is 7.56. The first kappa shape index (κ1) is 15.9. The molecule has 0 aliphatic carbocycles. The predicted octanol–water partition coefficient (Wildman–Crippen LogP) is 4.36. The molecule has 0 unspecified atom stereocenters. The van der Waals surface area contributed by atoms with Crippen LogP contribution in [0.25, 0.3) is 0 Å². The second kappa shape index (κ2) is 6.09. The van der Waals surface area contributed by atoms with Gasteiger partial charge in [0.1, 0.15) is 0 Å². The Kier molecular flexibility index (Phi) is 4.84. The van der Waals surface area contributed by atoms with Crippen LogP contribution in [0.4, 0.5) is 13.2 Å². The number of halogens is 5. The van der Waals surface area contributed by atoms with E-state index < -0.39 is 12.1 Å². The third-order valence-corrected chi connectivity index (χ3v) is 4.98. The summed E-state index contributed by atoms with van der Waals surface area (Å²) in [6.07, 6.45) is -4.23. The minimum Gasteiger partial charge on any atom is -0.339 e. The van der Waals surface area contributed by atoms with Crippen molar-refractivity contribution in [2.45, 2.75) is 19.0 Å². The fraction of sp³-hybridized carbons (Fsp3) is 0.462. The van der Waals surface area contributed by atoms with Gasteiger partial charge in [-0.15, -0.1) is 0 Å². The third kappa shape index (κ3) is 3.58. The Labute approximate surface area is 133 Å². The van der Waals surface area contributed by atoms with Crippen LogP contribution in [0, 0.1) is 9.49 Å². The number of nitrogens with zero attached hydrogens (tertiary/aromatic N) is 1. The molecule has 1 fully saturated rings. The molecule has 0 saturated carbocycles. The van der Waals surface area contributed by atoms with Gasteiger partial charge in [0.05, 0.1) is 10.9 Å². The Morgan fingerprint density at radius 3 is 2.40 bits per heavy atom. The van der Waals surface area contributed by atoms with Crippen LogP contribution in [0.2, 0.25) is 5.02 Å². The summed E-state index contributed by atoms with van der Waals surface area (Å²) in [4.78, 5) is 13.7. The van der Waals surface area contributed by atoms with Gasteiger partial charge in [-0.2, -0.15) is 13.2 Å². The Morgan fingerprint density at radius 2 is 1.90 bits per heavy atom. The van der Waals surface area contributed by atoms with E-state index in [0.29, 0.717) is 10.6 Å². The maximum Gasteiger partial charge on any atom is 0.391 e. The summed E-state index contributed by atoms with van der Waals surface area (Å²) in [6, 6.07) is 4.92. The van der Waals surface area contributed by atoms with E-state index in [0.717, 1.165) is 3.57 Å². The first-order valence-electron chi connectivity index (χ1n) is 6.10. The van der Waals surface area contributed by atoms with Gasteiger partial charge in [0.15, 0.2) is 0 Å². The van der Waals surface area contributed by atoms with E-state index in [2.05, 4.69) is 0 Å². The number of carbonyl (C=O) groups excluding carboxylic acids is 1. The highest BCUT2D eigenvalue weighted by Gasteiger charge is 2.41. The Balaban J connectivity index is 2.03. The molecular weight excluding hydrogens is 406 g/mol. The molecule has 20 heavy (non-hydrogen) atoms. The first-order chi connectivity index (χ1) is 9.29. The Morgan fingerprint density at radius 1 is 1.30 bits per heavy atom. The molecule has 0 spiro atoms. The number of piperidine rings is 1. The molecule has 1 aliphatic heterocycles. The van der Waals surface area contributed by atoms with Crippen molar-refractivity contribution in [3.8, 4) is 0 Å². The zero-order valence-electron chi connectivity index (χ0n) is 10.4. The van der Waals surface area contributed by atoms with Crippen LogP contribution in [0.3, 0.4) is 0 Å². The maximum atomic E-state index is 12.6. The molecule has 0 aromatic heterocycles. The average Bonchev–Trinajstić information content (AvgIpc) is 2.40. The summed E-state index contributed by atoms with van der Waals surface area (Å²) in [7, 11) is 0. The van der Waals surface area contributed by atoms with Crippen LogP contribution in [0.15, 0.2) is 18.2 Å². The molecule has 0 bridgehead atoms. The smallest absolute Gasteiger partial charge is 0.339 e. The summed E-state index contributed by atoms with van der Waals surface area (Å²) in [5, 5.41) is 0.474. The van der Waals surface area contributed by atoms with Crippen LogP contribution in [0.5, 0.6) is 0 Å². The van der Waals surface area contributed by atoms with Crippen molar-refractivity contribution >= 4 is 40.1 Å². The number of alkyl halides is 3. The maximum absolute atomic E-state index is 12.6. The van der Waals surface area contributed by atoms with Crippen molar-refractivity contribution in [3.63, 3.8) is 0 Å². The van der Waals surface area contributed by atoms with Crippen molar-refractivity contribution in [3.05, 3.63) is 32.4 Å². The fourth-order valence-electron chi connectivity index (χ4n) is 2.22. The van der Waals surface area contributed by atoms with E-state index >= 15 is 0 Å². The van der Waals surface area contributed by atoms with Crippen molar-refractivity contribution in [2.75, 3.05) is 13.1 Å². The van der Waals surface area contributed by atoms with Crippen molar-refractivity contribution < 1.29 is 18.0 Å². The van der Waals surface area contributed by atoms with Crippen LogP contribution < -0.4 is 0 Å². The minimum atomic E-state index is -4.17. The average molecular weight is 418 g/mol. The number of carbonyl (C=O) groups is 1. The lowest BCUT2D eigenvalue weighted by atomic mass is 9.96. The van der Waals surface area contributed by atoms with Crippen LogP contribution >= 0.6 is 34.2 Å².